The van der Waals surface area contributed by atoms with E-state index in [1.165, 1.54) is 0 Å². The molecule has 0 radical (unpaired) electrons. The summed E-state index contributed by atoms with van der Waals surface area (Å²) in [5.74, 6) is 1.21. The fraction of sp³-hybridized carbons (Fsp3) is 0.389. The van der Waals surface area contributed by atoms with Crippen molar-refractivity contribution in [3.05, 3.63) is 50.6 Å². The predicted molar refractivity (Wildman–Crippen MR) is 107 cm³/mol. The number of nitrogens with zero attached hydrogens (tertiary/aromatic N) is 5. The van der Waals surface area contributed by atoms with Gasteiger partial charge >= 0.3 is 0 Å². The number of rotatable bonds is 14. The van der Waals surface area contributed by atoms with Crippen molar-refractivity contribution in [1.29, 1.82) is 0 Å². The maximum atomic E-state index is 9.56. The molecule has 1 rings (SSSR count). The minimum absolute atomic E-state index is 0.116. The number of aromatic nitrogens is 3. The van der Waals surface area contributed by atoms with Gasteiger partial charge in [0.25, 0.3) is 0 Å². The van der Waals surface area contributed by atoms with Crippen LogP contribution in [0.5, 0.6) is 0 Å². The van der Waals surface area contributed by atoms with E-state index in [-0.39, 0.29) is 13.2 Å². The van der Waals surface area contributed by atoms with Crippen molar-refractivity contribution in [2.45, 2.75) is 6.10 Å². The molecule has 3 N–H and O–H groups in total. The minimum Gasteiger partial charge on any atom is -0.394 e. The molecule has 0 aliphatic heterocycles. The second-order valence-electron chi connectivity index (χ2n) is 5.44. The molecule has 0 spiro atoms. The fourth-order valence-corrected chi connectivity index (χ4v) is 2.09. The van der Waals surface area contributed by atoms with Gasteiger partial charge in [-0.3, -0.25) is 0 Å². The third-order valence-electron chi connectivity index (χ3n) is 3.28. The molecule has 1 unspecified atom stereocenters. The van der Waals surface area contributed by atoms with Crippen LogP contribution in [0.15, 0.2) is 50.6 Å². The number of anilines is 3. The molecular weight excluding hydrogens is 332 g/mol. The summed E-state index contributed by atoms with van der Waals surface area (Å²) < 4.78 is 0. The highest BCUT2D eigenvalue weighted by atomic mass is 16.3. The number of hydrogen-bond acceptors (Lipinski definition) is 8. The maximum Gasteiger partial charge on any atom is 0.232 e. The van der Waals surface area contributed by atoms with Gasteiger partial charge in [0.1, 0.15) is 0 Å². The first-order valence-corrected chi connectivity index (χ1v) is 8.31. The molecule has 8 nitrogen and oxygen atoms in total. The van der Waals surface area contributed by atoms with E-state index in [4.69, 9.17) is 5.11 Å². The Morgan fingerprint density at radius 1 is 0.846 bits per heavy atom. The second-order valence-corrected chi connectivity index (χ2v) is 5.44. The monoisotopic (exact) mass is 360 g/mol. The van der Waals surface area contributed by atoms with Gasteiger partial charge in [0.2, 0.25) is 17.8 Å². The van der Waals surface area contributed by atoms with E-state index in [2.05, 4.69) is 46.6 Å². The first kappa shape index (κ1) is 21.3. The van der Waals surface area contributed by atoms with E-state index in [0.717, 1.165) is 0 Å². The summed E-state index contributed by atoms with van der Waals surface area (Å²) in [6.45, 7) is 16.9. The van der Waals surface area contributed by atoms with Gasteiger partial charge in [0, 0.05) is 32.7 Å². The Labute approximate surface area is 154 Å². The van der Waals surface area contributed by atoms with Crippen LogP contribution in [-0.2, 0) is 0 Å². The molecule has 26 heavy (non-hydrogen) atoms. The molecular formula is C18H28N6O2. The highest BCUT2D eigenvalue weighted by Gasteiger charge is 2.16. The molecule has 0 bridgehead atoms. The van der Waals surface area contributed by atoms with Crippen LogP contribution < -0.4 is 15.1 Å². The molecule has 0 saturated heterocycles. The summed E-state index contributed by atoms with van der Waals surface area (Å²) in [4.78, 5) is 17.1. The van der Waals surface area contributed by atoms with Gasteiger partial charge < -0.3 is 25.3 Å². The van der Waals surface area contributed by atoms with Crippen LogP contribution in [0.2, 0.25) is 0 Å². The topological polar surface area (TPSA) is 97.6 Å². The zero-order valence-corrected chi connectivity index (χ0v) is 15.1. The highest BCUT2D eigenvalue weighted by molar-refractivity contribution is 5.46. The maximum absolute atomic E-state index is 9.56. The molecule has 0 saturated carbocycles. The Hall–Kier alpha value is -2.71. The average molecular weight is 360 g/mol. The molecule has 1 heterocycles. The molecule has 8 heteroatoms. The number of nitrogens with one attached hydrogen (secondary N) is 1. The van der Waals surface area contributed by atoms with Crippen LogP contribution in [0.1, 0.15) is 0 Å². The van der Waals surface area contributed by atoms with Crippen LogP contribution in [-0.4, -0.2) is 70.6 Å². The van der Waals surface area contributed by atoms with Gasteiger partial charge in [0.15, 0.2) is 0 Å². The van der Waals surface area contributed by atoms with E-state index in [1.54, 1.807) is 24.3 Å². The first-order chi connectivity index (χ1) is 12.6. The smallest absolute Gasteiger partial charge is 0.232 e. The third kappa shape index (κ3) is 6.66. The van der Waals surface area contributed by atoms with Gasteiger partial charge in [-0.15, -0.1) is 26.3 Å². The van der Waals surface area contributed by atoms with Crippen molar-refractivity contribution in [3.63, 3.8) is 0 Å². The highest BCUT2D eigenvalue weighted by Crippen LogP contribution is 2.17. The number of aliphatic hydroxyl groups is 2. The van der Waals surface area contributed by atoms with Crippen molar-refractivity contribution in [2.24, 2.45) is 0 Å². The quantitative estimate of drug-likeness (QED) is 0.423. The van der Waals surface area contributed by atoms with Crippen molar-refractivity contribution in [1.82, 2.24) is 15.0 Å². The second kappa shape index (κ2) is 11.8. The Bertz CT molecular complexity index is 545. The molecule has 0 aliphatic carbocycles. The Morgan fingerprint density at radius 2 is 1.27 bits per heavy atom. The molecule has 0 aromatic carbocycles. The van der Waals surface area contributed by atoms with Crippen LogP contribution in [0.3, 0.4) is 0 Å². The van der Waals surface area contributed by atoms with Crippen molar-refractivity contribution in [3.8, 4) is 0 Å². The lowest BCUT2D eigenvalue weighted by atomic mass is 10.4. The molecule has 0 fully saturated rings. The van der Waals surface area contributed by atoms with Crippen molar-refractivity contribution < 1.29 is 10.2 Å². The largest absolute Gasteiger partial charge is 0.394 e. The van der Waals surface area contributed by atoms with E-state index < -0.39 is 6.10 Å². The lowest BCUT2D eigenvalue weighted by molar-refractivity contribution is 0.105. The SMILES string of the molecule is C=CCN(CC=C)c1nc(NCC(O)CO)nc(N(CC=C)CC=C)n1. The third-order valence-corrected chi connectivity index (χ3v) is 3.28. The van der Waals surface area contributed by atoms with Gasteiger partial charge in [-0.05, 0) is 0 Å². The number of hydrogen-bond donors (Lipinski definition) is 3. The Balaban J connectivity index is 3.26. The Kier molecular flexibility index (Phi) is 9.66. The zero-order chi connectivity index (χ0) is 19.4. The fourth-order valence-electron chi connectivity index (χ4n) is 2.09. The van der Waals surface area contributed by atoms with Crippen LogP contribution in [0.25, 0.3) is 0 Å². The minimum atomic E-state index is -0.909. The lowest BCUT2D eigenvalue weighted by Gasteiger charge is -2.24. The molecule has 1 atom stereocenters. The van der Waals surface area contributed by atoms with E-state index in [9.17, 15) is 5.11 Å². The molecule has 0 amide bonds. The van der Waals surface area contributed by atoms with E-state index >= 15 is 0 Å². The predicted octanol–water partition coefficient (Wildman–Crippen LogP) is 0.993. The summed E-state index contributed by atoms with van der Waals surface area (Å²) in [5, 5.41) is 21.5. The van der Waals surface area contributed by atoms with Gasteiger partial charge in [0.05, 0.1) is 12.7 Å². The number of aliphatic hydroxyl groups excluding tert-OH is 2. The van der Waals surface area contributed by atoms with Crippen LogP contribution in [0.4, 0.5) is 17.8 Å². The summed E-state index contributed by atoms with van der Waals surface area (Å²) >= 11 is 0. The van der Waals surface area contributed by atoms with Gasteiger partial charge in [-0.1, -0.05) is 24.3 Å². The summed E-state index contributed by atoms with van der Waals surface area (Å²) in [7, 11) is 0. The van der Waals surface area contributed by atoms with Crippen LogP contribution in [0, 0.1) is 0 Å². The first-order valence-electron chi connectivity index (χ1n) is 8.31. The van der Waals surface area contributed by atoms with E-state index in [0.29, 0.717) is 44.0 Å². The van der Waals surface area contributed by atoms with Gasteiger partial charge in [-0.2, -0.15) is 15.0 Å². The van der Waals surface area contributed by atoms with Crippen molar-refractivity contribution in [2.75, 3.05) is 54.4 Å². The average Bonchev–Trinajstić information content (AvgIpc) is 2.65. The summed E-state index contributed by atoms with van der Waals surface area (Å²) in [6.07, 6.45) is 6.09. The molecule has 1 aromatic heterocycles. The Morgan fingerprint density at radius 3 is 1.62 bits per heavy atom. The molecule has 142 valence electrons. The summed E-state index contributed by atoms with van der Waals surface area (Å²) in [5.41, 5.74) is 0. The van der Waals surface area contributed by atoms with Crippen molar-refractivity contribution >= 4 is 17.8 Å². The molecule has 1 aromatic rings. The van der Waals surface area contributed by atoms with E-state index in [1.807, 2.05) is 9.80 Å². The lowest BCUT2D eigenvalue weighted by Crippen LogP contribution is -2.31. The van der Waals surface area contributed by atoms with Gasteiger partial charge in [-0.25, -0.2) is 0 Å². The zero-order valence-electron chi connectivity index (χ0n) is 15.1. The molecule has 0 aliphatic rings. The standard InChI is InChI=1S/C18H28N6O2/c1-5-9-23(10-6-2)17-20-16(19-13-15(26)14-25)21-18(22-17)24(11-7-3)12-8-4/h5-8,15,25-26H,1-4,9-14H2,(H,19,20,21,22). The van der Waals surface area contributed by atoms with Crippen LogP contribution >= 0.6 is 0 Å². The normalized spacial score (nSPS) is 11.3. The summed E-state index contributed by atoms with van der Waals surface area (Å²) in [6, 6.07) is 0.